The fraction of sp³-hybridized carbons (Fsp3) is 0.125. The molecule has 3 rings (SSSR count). The fourth-order valence-corrected chi connectivity index (χ4v) is 2.70. The Balaban J connectivity index is 2.08. The smallest absolute Gasteiger partial charge is 0.161 e. The number of anilines is 1. The van der Waals surface area contributed by atoms with Crippen molar-refractivity contribution in [2.75, 3.05) is 19.5 Å². The Morgan fingerprint density at radius 1 is 1.10 bits per heavy atom. The van der Waals surface area contributed by atoms with Gasteiger partial charge in [-0.3, -0.25) is 0 Å². The van der Waals surface area contributed by atoms with E-state index >= 15 is 0 Å². The van der Waals surface area contributed by atoms with Gasteiger partial charge in [-0.05, 0) is 51.6 Å². The molecule has 1 aromatic heterocycles. The number of benzene rings is 2. The molecular weight excluding hydrogens is 377 g/mol. The van der Waals surface area contributed by atoms with Crippen LogP contribution in [0.2, 0.25) is 0 Å². The van der Waals surface area contributed by atoms with E-state index in [4.69, 9.17) is 4.74 Å². The number of aromatic nitrogens is 2. The average Bonchev–Trinajstić information content (AvgIpc) is 2.54. The molecule has 0 unspecified atom stereocenters. The van der Waals surface area contributed by atoms with Gasteiger partial charge in [-0.15, -0.1) is 0 Å². The second kappa shape index (κ2) is 5.85. The molecular formula is C16H14IN3O. The van der Waals surface area contributed by atoms with Gasteiger partial charge in [-0.25, -0.2) is 9.97 Å². The Kier molecular flexibility index (Phi) is 3.92. The quantitative estimate of drug-likeness (QED) is 0.687. The summed E-state index contributed by atoms with van der Waals surface area (Å²) in [5.41, 5.74) is 1.00. The van der Waals surface area contributed by atoms with Crippen molar-refractivity contribution in [3.63, 3.8) is 0 Å². The average molecular weight is 391 g/mol. The molecule has 0 saturated heterocycles. The number of hydrogen-bond donors (Lipinski definition) is 1. The second-order valence-corrected chi connectivity index (χ2v) is 5.73. The summed E-state index contributed by atoms with van der Waals surface area (Å²) >= 11 is 2.22. The summed E-state index contributed by atoms with van der Waals surface area (Å²) in [6, 6.07) is 12.2. The van der Waals surface area contributed by atoms with Gasteiger partial charge in [0.15, 0.2) is 5.82 Å². The molecule has 106 valence electrons. The van der Waals surface area contributed by atoms with Crippen molar-refractivity contribution in [3.05, 3.63) is 46.2 Å². The summed E-state index contributed by atoms with van der Waals surface area (Å²) < 4.78 is 6.25. The van der Waals surface area contributed by atoms with Crippen LogP contribution in [0.1, 0.15) is 0 Å². The zero-order valence-corrected chi connectivity index (χ0v) is 13.9. The molecule has 0 aliphatic carbocycles. The second-order valence-electron chi connectivity index (χ2n) is 4.57. The van der Waals surface area contributed by atoms with Crippen molar-refractivity contribution >= 4 is 39.2 Å². The lowest BCUT2D eigenvalue weighted by atomic mass is 10.1. The van der Waals surface area contributed by atoms with Crippen LogP contribution in [0.25, 0.3) is 22.2 Å². The first kappa shape index (κ1) is 14.1. The van der Waals surface area contributed by atoms with E-state index in [0.29, 0.717) is 0 Å². The van der Waals surface area contributed by atoms with Crippen LogP contribution in [0.4, 0.5) is 5.82 Å². The van der Waals surface area contributed by atoms with Crippen molar-refractivity contribution in [1.82, 2.24) is 9.97 Å². The normalized spacial score (nSPS) is 10.6. The summed E-state index contributed by atoms with van der Waals surface area (Å²) in [6.45, 7) is 0. The largest absolute Gasteiger partial charge is 0.497 e. The molecule has 1 N–H and O–H groups in total. The van der Waals surface area contributed by atoms with E-state index in [-0.39, 0.29) is 0 Å². The van der Waals surface area contributed by atoms with Crippen molar-refractivity contribution in [1.29, 1.82) is 0 Å². The van der Waals surface area contributed by atoms with E-state index in [9.17, 15) is 0 Å². The van der Waals surface area contributed by atoms with Crippen molar-refractivity contribution < 1.29 is 4.74 Å². The van der Waals surface area contributed by atoms with Crippen LogP contribution >= 0.6 is 22.6 Å². The van der Waals surface area contributed by atoms with E-state index in [1.165, 1.54) is 0 Å². The van der Waals surface area contributed by atoms with E-state index in [2.05, 4.69) is 50.0 Å². The highest BCUT2D eigenvalue weighted by atomic mass is 127. The monoisotopic (exact) mass is 391 g/mol. The van der Waals surface area contributed by atoms with Crippen LogP contribution in [0.15, 0.2) is 42.6 Å². The van der Waals surface area contributed by atoms with E-state index in [0.717, 1.165) is 37.3 Å². The van der Waals surface area contributed by atoms with Gasteiger partial charge in [0, 0.05) is 18.8 Å². The molecule has 0 saturated carbocycles. The maximum atomic E-state index is 5.25. The van der Waals surface area contributed by atoms with Crippen LogP contribution in [-0.4, -0.2) is 24.1 Å². The number of nitrogens with one attached hydrogen (secondary N) is 1. The van der Waals surface area contributed by atoms with Gasteiger partial charge < -0.3 is 10.1 Å². The zero-order chi connectivity index (χ0) is 14.8. The summed E-state index contributed by atoms with van der Waals surface area (Å²) in [6.07, 6.45) is 1.83. The van der Waals surface area contributed by atoms with Gasteiger partial charge in [-0.1, -0.05) is 18.2 Å². The minimum atomic E-state index is 0.720. The predicted octanol–water partition coefficient (Wildman–Crippen LogP) is 3.95. The van der Waals surface area contributed by atoms with Crippen LogP contribution in [-0.2, 0) is 0 Å². The first-order valence-electron chi connectivity index (χ1n) is 6.50. The molecule has 3 aromatic rings. The zero-order valence-electron chi connectivity index (χ0n) is 11.7. The predicted molar refractivity (Wildman–Crippen MR) is 93.8 cm³/mol. The molecule has 4 nitrogen and oxygen atoms in total. The van der Waals surface area contributed by atoms with E-state index in [1.54, 1.807) is 7.11 Å². The number of halogens is 1. The Hall–Kier alpha value is -1.89. The summed E-state index contributed by atoms with van der Waals surface area (Å²) in [4.78, 5) is 8.96. The Bertz CT molecular complexity index is 805. The number of ether oxygens (including phenoxy) is 1. The molecule has 0 aliphatic heterocycles. The van der Waals surface area contributed by atoms with Crippen LogP contribution in [0, 0.1) is 3.57 Å². The van der Waals surface area contributed by atoms with Gasteiger partial charge in [0.2, 0.25) is 0 Å². The van der Waals surface area contributed by atoms with Crippen molar-refractivity contribution in [2.24, 2.45) is 0 Å². The number of fused-ring (bicyclic) bond motifs is 1. The number of nitrogens with zero attached hydrogens (tertiary/aromatic N) is 2. The van der Waals surface area contributed by atoms with E-state index in [1.807, 2.05) is 37.5 Å². The first-order valence-corrected chi connectivity index (χ1v) is 7.57. The number of rotatable bonds is 3. The topological polar surface area (TPSA) is 47.0 Å². The molecule has 21 heavy (non-hydrogen) atoms. The summed E-state index contributed by atoms with van der Waals surface area (Å²) in [5, 5.41) is 5.36. The van der Waals surface area contributed by atoms with Crippen LogP contribution in [0.5, 0.6) is 5.75 Å². The third-order valence-electron chi connectivity index (χ3n) is 3.29. The summed E-state index contributed by atoms with van der Waals surface area (Å²) in [5.74, 6) is 2.42. The van der Waals surface area contributed by atoms with Gasteiger partial charge in [0.25, 0.3) is 0 Å². The molecule has 0 amide bonds. The maximum Gasteiger partial charge on any atom is 0.161 e. The lowest BCUT2D eigenvalue weighted by Gasteiger charge is -2.07. The summed E-state index contributed by atoms with van der Waals surface area (Å²) in [7, 11) is 3.54. The molecule has 0 aliphatic rings. The highest BCUT2D eigenvalue weighted by Gasteiger charge is 2.07. The molecule has 0 atom stereocenters. The van der Waals surface area contributed by atoms with Gasteiger partial charge in [0.1, 0.15) is 11.6 Å². The number of methoxy groups -OCH3 is 1. The van der Waals surface area contributed by atoms with Crippen LogP contribution in [0.3, 0.4) is 0 Å². The highest BCUT2D eigenvalue weighted by Crippen LogP contribution is 2.26. The number of hydrogen-bond acceptors (Lipinski definition) is 4. The first-order chi connectivity index (χ1) is 10.2. The molecule has 0 radical (unpaired) electrons. The van der Waals surface area contributed by atoms with Crippen molar-refractivity contribution in [2.45, 2.75) is 0 Å². The SMILES string of the molecule is CNc1nc(-c2ccc3cc(OC)ccc3c2)ncc1I. The third-order valence-corrected chi connectivity index (χ3v) is 4.08. The lowest BCUT2D eigenvalue weighted by molar-refractivity contribution is 0.415. The minimum absolute atomic E-state index is 0.720. The fourth-order valence-electron chi connectivity index (χ4n) is 2.17. The van der Waals surface area contributed by atoms with Crippen LogP contribution < -0.4 is 10.1 Å². The van der Waals surface area contributed by atoms with Gasteiger partial charge in [-0.2, -0.15) is 0 Å². The van der Waals surface area contributed by atoms with Gasteiger partial charge in [0.05, 0.1) is 10.7 Å². The molecule has 5 heteroatoms. The van der Waals surface area contributed by atoms with E-state index < -0.39 is 0 Å². The Labute approximate surface area is 136 Å². The molecule has 0 spiro atoms. The third kappa shape index (κ3) is 2.78. The van der Waals surface area contributed by atoms with Gasteiger partial charge >= 0.3 is 0 Å². The van der Waals surface area contributed by atoms with Crippen molar-refractivity contribution in [3.8, 4) is 17.1 Å². The molecule has 1 heterocycles. The molecule has 0 fully saturated rings. The lowest BCUT2D eigenvalue weighted by Crippen LogP contribution is -1.99. The highest BCUT2D eigenvalue weighted by molar-refractivity contribution is 14.1. The minimum Gasteiger partial charge on any atom is -0.497 e. The Morgan fingerprint density at radius 3 is 2.62 bits per heavy atom. The standard InChI is InChI=1S/C16H14IN3O/c1-18-16-14(17)9-19-15(20-16)12-4-3-11-8-13(21-2)6-5-10(11)7-12/h3-9H,1-2H3,(H,18,19,20). The molecule has 2 aromatic carbocycles. The Morgan fingerprint density at radius 2 is 1.86 bits per heavy atom. The maximum absolute atomic E-state index is 5.25. The molecule has 0 bridgehead atoms.